The Morgan fingerprint density at radius 2 is 1.79 bits per heavy atom. The number of hydrogen-bond donors (Lipinski definition) is 2. The smallest absolute Gasteiger partial charge is 0.189 e. The normalized spacial score (nSPS) is 15.0. The van der Waals surface area contributed by atoms with E-state index in [1.807, 2.05) is 36.4 Å². The van der Waals surface area contributed by atoms with Crippen molar-refractivity contribution in [2.24, 2.45) is 10.7 Å². The lowest BCUT2D eigenvalue weighted by Crippen LogP contribution is -2.31. The van der Waals surface area contributed by atoms with Crippen molar-refractivity contribution in [3.63, 3.8) is 0 Å². The Labute approximate surface area is 173 Å². The average Bonchev–Trinajstić information content (AvgIpc) is 2.77. The number of ether oxygens (including phenoxy) is 3. The molecule has 156 valence electrons. The highest BCUT2D eigenvalue weighted by molar-refractivity contribution is 5.77. The van der Waals surface area contributed by atoms with Crippen LogP contribution in [0, 0.1) is 0 Å². The van der Waals surface area contributed by atoms with Gasteiger partial charge < -0.3 is 25.3 Å². The van der Waals surface area contributed by atoms with Crippen molar-refractivity contribution >= 4 is 5.96 Å². The highest BCUT2D eigenvalue weighted by atomic mass is 16.5. The Bertz CT molecular complexity index is 817. The molecule has 3 rings (SSSR count). The maximum Gasteiger partial charge on any atom is 0.189 e. The third-order valence-corrected chi connectivity index (χ3v) is 5.11. The van der Waals surface area contributed by atoms with E-state index in [1.165, 1.54) is 19.3 Å². The van der Waals surface area contributed by atoms with Gasteiger partial charge in [-0.15, -0.1) is 0 Å². The van der Waals surface area contributed by atoms with Crippen molar-refractivity contribution in [2.45, 2.75) is 51.3 Å². The van der Waals surface area contributed by atoms with Crippen LogP contribution in [0.4, 0.5) is 0 Å². The maximum atomic E-state index is 6.13. The fourth-order valence-corrected chi connectivity index (χ4v) is 3.51. The largest absolute Gasteiger partial charge is 0.493 e. The summed E-state index contributed by atoms with van der Waals surface area (Å²) in [4.78, 5) is 4.45. The van der Waals surface area contributed by atoms with E-state index in [9.17, 15) is 0 Å². The number of benzene rings is 2. The van der Waals surface area contributed by atoms with Crippen molar-refractivity contribution in [1.29, 1.82) is 0 Å². The van der Waals surface area contributed by atoms with Gasteiger partial charge in [-0.2, -0.15) is 0 Å². The molecular formula is C23H31N3O3. The summed E-state index contributed by atoms with van der Waals surface area (Å²) in [6, 6.07) is 13.9. The van der Waals surface area contributed by atoms with Crippen LogP contribution in [0.1, 0.15) is 43.2 Å². The molecule has 0 bridgehead atoms. The van der Waals surface area contributed by atoms with Gasteiger partial charge in [-0.05, 0) is 61.1 Å². The Balaban J connectivity index is 1.52. The minimum atomic E-state index is 0.343. The van der Waals surface area contributed by atoms with E-state index in [1.54, 1.807) is 14.2 Å². The molecule has 6 nitrogen and oxygen atoms in total. The molecule has 0 spiro atoms. The van der Waals surface area contributed by atoms with Crippen molar-refractivity contribution < 1.29 is 14.2 Å². The van der Waals surface area contributed by atoms with Gasteiger partial charge in [0.05, 0.1) is 26.9 Å². The van der Waals surface area contributed by atoms with Gasteiger partial charge in [0.2, 0.25) is 0 Å². The maximum absolute atomic E-state index is 6.13. The standard InChI is InChI=1S/C23H31N3O3/c1-27-21-12-11-18(14-22(21)28-2)16-26-23(24)25-15-17-7-6-10-20(13-17)29-19-8-4-3-5-9-19/h6-7,10-14,19H,3-5,8-9,15-16H2,1-2H3,(H3,24,25,26). The number of nitrogens with one attached hydrogen (secondary N) is 1. The number of hydrogen-bond acceptors (Lipinski definition) is 4. The summed E-state index contributed by atoms with van der Waals surface area (Å²) in [5.74, 6) is 2.71. The lowest BCUT2D eigenvalue weighted by Gasteiger charge is -2.23. The van der Waals surface area contributed by atoms with Gasteiger partial charge in [0.15, 0.2) is 17.5 Å². The first kappa shape index (κ1) is 20.8. The molecule has 3 N–H and O–H groups in total. The van der Waals surface area contributed by atoms with Crippen LogP contribution in [0.15, 0.2) is 47.5 Å². The average molecular weight is 398 g/mol. The topological polar surface area (TPSA) is 78.1 Å². The van der Waals surface area contributed by atoms with Crippen LogP contribution in [-0.4, -0.2) is 26.3 Å². The molecule has 6 heteroatoms. The Hall–Kier alpha value is -2.89. The van der Waals surface area contributed by atoms with Crippen molar-refractivity contribution in [3.8, 4) is 17.2 Å². The zero-order valence-electron chi connectivity index (χ0n) is 17.3. The third kappa shape index (κ3) is 6.31. The summed E-state index contributed by atoms with van der Waals surface area (Å²) in [6.45, 7) is 1.06. The first-order chi connectivity index (χ1) is 14.2. The molecule has 2 aromatic carbocycles. The fraction of sp³-hybridized carbons (Fsp3) is 0.435. The predicted molar refractivity (Wildman–Crippen MR) is 116 cm³/mol. The van der Waals surface area contributed by atoms with Crippen LogP contribution in [0.2, 0.25) is 0 Å². The summed E-state index contributed by atoms with van der Waals surface area (Å²) in [5.41, 5.74) is 8.14. The lowest BCUT2D eigenvalue weighted by atomic mass is 9.98. The molecule has 2 aromatic rings. The van der Waals surface area contributed by atoms with Crippen LogP contribution in [0.25, 0.3) is 0 Å². The molecule has 1 aliphatic rings. The summed E-state index contributed by atoms with van der Waals surface area (Å²) >= 11 is 0. The highest BCUT2D eigenvalue weighted by Gasteiger charge is 2.14. The zero-order valence-corrected chi connectivity index (χ0v) is 17.3. The minimum Gasteiger partial charge on any atom is -0.493 e. The Kier molecular flexibility index (Phi) is 7.61. The van der Waals surface area contributed by atoms with Gasteiger partial charge >= 0.3 is 0 Å². The molecule has 0 radical (unpaired) electrons. The number of methoxy groups -OCH3 is 2. The molecule has 0 amide bonds. The number of rotatable bonds is 8. The van der Waals surface area contributed by atoms with E-state index in [4.69, 9.17) is 19.9 Å². The molecular weight excluding hydrogens is 366 g/mol. The molecule has 1 aliphatic carbocycles. The predicted octanol–water partition coefficient (Wildman–Crippen LogP) is 4.02. The molecule has 29 heavy (non-hydrogen) atoms. The first-order valence-corrected chi connectivity index (χ1v) is 10.2. The van der Waals surface area contributed by atoms with Gasteiger partial charge in [0, 0.05) is 6.54 Å². The van der Waals surface area contributed by atoms with Gasteiger partial charge in [-0.25, -0.2) is 4.99 Å². The molecule has 1 fully saturated rings. The molecule has 0 saturated heterocycles. The van der Waals surface area contributed by atoms with Crippen LogP contribution < -0.4 is 25.3 Å². The van der Waals surface area contributed by atoms with E-state index in [0.717, 1.165) is 29.7 Å². The van der Waals surface area contributed by atoms with Crippen LogP contribution in [0.5, 0.6) is 17.2 Å². The quantitative estimate of drug-likeness (QED) is 0.520. The van der Waals surface area contributed by atoms with Gasteiger partial charge in [0.1, 0.15) is 5.75 Å². The Morgan fingerprint density at radius 1 is 1.00 bits per heavy atom. The number of aliphatic imine (C=N–C) groups is 1. The van der Waals surface area contributed by atoms with Gasteiger partial charge in [-0.3, -0.25) is 0 Å². The van der Waals surface area contributed by atoms with E-state index >= 15 is 0 Å². The zero-order chi connectivity index (χ0) is 20.5. The summed E-state index contributed by atoms with van der Waals surface area (Å²) in [7, 11) is 3.24. The number of guanidine groups is 1. The molecule has 0 aromatic heterocycles. The second-order valence-electron chi connectivity index (χ2n) is 7.27. The molecule has 0 heterocycles. The Morgan fingerprint density at radius 3 is 2.55 bits per heavy atom. The van der Waals surface area contributed by atoms with Crippen molar-refractivity contribution in [2.75, 3.05) is 14.2 Å². The van der Waals surface area contributed by atoms with Gasteiger partial charge in [0.25, 0.3) is 0 Å². The van der Waals surface area contributed by atoms with E-state index in [-0.39, 0.29) is 0 Å². The first-order valence-electron chi connectivity index (χ1n) is 10.2. The highest BCUT2D eigenvalue weighted by Crippen LogP contribution is 2.27. The minimum absolute atomic E-state index is 0.343. The summed E-state index contributed by atoms with van der Waals surface area (Å²) in [5, 5.41) is 3.14. The van der Waals surface area contributed by atoms with Crippen LogP contribution >= 0.6 is 0 Å². The second-order valence-corrected chi connectivity index (χ2v) is 7.27. The fourth-order valence-electron chi connectivity index (χ4n) is 3.51. The number of nitrogens with two attached hydrogens (primary N) is 1. The lowest BCUT2D eigenvalue weighted by molar-refractivity contribution is 0.155. The van der Waals surface area contributed by atoms with Crippen LogP contribution in [0.3, 0.4) is 0 Å². The monoisotopic (exact) mass is 397 g/mol. The van der Waals surface area contributed by atoms with Gasteiger partial charge in [-0.1, -0.05) is 24.6 Å². The second kappa shape index (κ2) is 10.6. The van der Waals surface area contributed by atoms with Crippen molar-refractivity contribution in [1.82, 2.24) is 5.32 Å². The number of nitrogens with zero attached hydrogens (tertiary/aromatic N) is 1. The summed E-state index contributed by atoms with van der Waals surface area (Å²) < 4.78 is 16.7. The molecule has 0 aliphatic heterocycles. The molecule has 0 unspecified atom stereocenters. The SMILES string of the molecule is COc1ccc(CNC(N)=NCc2cccc(OC3CCCCC3)c2)cc1OC. The van der Waals surface area contributed by atoms with E-state index in [2.05, 4.69) is 16.4 Å². The molecule has 1 saturated carbocycles. The third-order valence-electron chi connectivity index (χ3n) is 5.11. The molecule has 0 atom stereocenters. The van der Waals surface area contributed by atoms with Crippen molar-refractivity contribution in [3.05, 3.63) is 53.6 Å². The van der Waals surface area contributed by atoms with Crippen LogP contribution in [-0.2, 0) is 13.1 Å². The van der Waals surface area contributed by atoms with E-state index in [0.29, 0.717) is 36.7 Å². The summed E-state index contributed by atoms with van der Waals surface area (Å²) in [6.07, 6.45) is 6.48. The van der Waals surface area contributed by atoms with E-state index < -0.39 is 0 Å².